The number of aromatic amines is 1. The first kappa shape index (κ1) is 22.1. The van der Waals surface area contributed by atoms with Crippen molar-refractivity contribution in [2.24, 2.45) is 0 Å². The van der Waals surface area contributed by atoms with E-state index in [4.69, 9.17) is 0 Å². The molecular weight excluding hydrogens is 430 g/mol. The molecule has 0 spiro atoms. The topological polar surface area (TPSA) is 105 Å². The lowest BCUT2D eigenvalue weighted by Gasteiger charge is -2.18. The molecule has 0 aliphatic heterocycles. The van der Waals surface area contributed by atoms with Gasteiger partial charge < -0.3 is 10.6 Å². The number of aryl methyl sites for hydroxylation is 1. The van der Waals surface area contributed by atoms with Crippen molar-refractivity contribution in [2.75, 3.05) is 11.9 Å². The van der Waals surface area contributed by atoms with Crippen molar-refractivity contribution in [1.82, 2.24) is 25.1 Å². The summed E-state index contributed by atoms with van der Waals surface area (Å²) in [5, 5.41) is 12.9. The summed E-state index contributed by atoms with van der Waals surface area (Å²) in [6.45, 7) is 0.833. The zero-order valence-electron chi connectivity index (χ0n) is 17.8. The maximum atomic E-state index is 14.4. The first-order valence-corrected chi connectivity index (χ1v) is 10.3. The fourth-order valence-electron chi connectivity index (χ4n) is 3.37. The molecule has 2 aromatic heterocycles. The van der Waals surface area contributed by atoms with Gasteiger partial charge in [0, 0.05) is 33.7 Å². The Labute approximate surface area is 192 Å². The second kappa shape index (κ2) is 9.19. The van der Waals surface area contributed by atoms with Crippen LogP contribution in [0.4, 0.5) is 14.6 Å². The molecule has 0 radical (unpaired) electrons. The number of halogens is 2. The van der Waals surface area contributed by atoms with Crippen LogP contribution in [0.1, 0.15) is 21.1 Å². The Morgan fingerprint density at radius 2 is 1.97 bits per heavy atom. The van der Waals surface area contributed by atoms with Crippen molar-refractivity contribution in [3.63, 3.8) is 0 Å². The van der Waals surface area contributed by atoms with Crippen LogP contribution in [-0.4, -0.2) is 32.2 Å². The highest BCUT2D eigenvalue weighted by Crippen LogP contribution is 2.27. The monoisotopic (exact) mass is 458 g/mol. The van der Waals surface area contributed by atoms with Gasteiger partial charge in [-0.1, -0.05) is 36.4 Å². The van der Waals surface area contributed by atoms with Gasteiger partial charge >= 0.3 is 0 Å². The number of benzene rings is 2. The predicted molar refractivity (Wildman–Crippen MR) is 126 cm³/mol. The fraction of sp³-hybridized carbons (Fsp3) is 0.217. The van der Waals surface area contributed by atoms with Crippen LogP contribution in [0.15, 0.2) is 65.7 Å². The highest BCUT2D eigenvalue weighted by Gasteiger charge is 2.31. The van der Waals surface area contributed by atoms with E-state index in [1.807, 2.05) is 18.2 Å². The number of aromatic nitrogens is 4. The van der Waals surface area contributed by atoms with E-state index in [1.54, 1.807) is 19.2 Å². The molecule has 4 aromatic rings. The number of anilines is 1. The third-order valence-corrected chi connectivity index (χ3v) is 5.22. The first-order chi connectivity index (χ1) is 15.8. The molecule has 0 saturated carbocycles. The van der Waals surface area contributed by atoms with Crippen LogP contribution in [0.5, 0.6) is 0 Å². The number of hydrogen-bond donors (Lipinski definition) is 3. The van der Waals surface area contributed by atoms with Gasteiger partial charge in [-0.2, -0.15) is 13.9 Å². The van der Waals surface area contributed by atoms with Crippen LogP contribution in [0, 0.1) is 6.92 Å². The number of carbonyl (C=O) groups is 1. The van der Waals surface area contributed by atoms with Gasteiger partial charge in [-0.25, -0.2) is 4.98 Å². The van der Waals surface area contributed by atoms with Crippen LogP contribution in [0.2, 0.25) is 0 Å². The first-order valence-electron chi connectivity index (χ1n) is 10.3. The van der Waals surface area contributed by atoms with Crippen LogP contribution in [-0.2, 0) is 23.8 Å². The number of nitrogens with zero attached hydrogens (tertiary/aromatic N) is 3. The van der Waals surface area contributed by atoms with Gasteiger partial charge in [0.25, 0.3) is 11.5 Å². The van der Waals surface area contributed by atoms with E-state index in [1.165, 1.54) is 35.0 Å². The lowest BCUT2D eigenvalue weighted by Crippen LogP contribution is -2.35. The van der Waals surface area contributed by atoms with E-state index >= 15 is 0 Å². The van der Waals surface area contributed by atoms with Gasteiger partial charge in [0.2, 0.25) is 5.91 Å². The maximum absolute atomic E-state index is 14.4. The van der Waals surface area contributed by atoms with Crippen molar-refractivity contribution in [1.29, 1.82) is 0 Å². The van der Waals surface area contributed by atoms with Gasteiger partial charge in [-0.05, 0) is 24.6 Å². The Morgan fingerprint density at radius 3 is 2.76 bits per heavy atom. The number of fused-ring (bicyclic) bond motifs is 1. The largest absolute Gasteiger partial charge is 0.359 e. The smallest absolute Gasteiger partial charge is 0.293 e. The number of nitrogens with one attached hydrogen (secondary N) is 3. The van der Waals surface area contributed by atoms with Gasteiger partial charge in [-0.15, -0.1) is 0 Å². The molecule has 4 rings (SSSR count). The van der Waals surface area contributed by atoms with E-state index in [-0.39, 0.29) is 34.7 Å². The number of hydrogen-bond acceptors (Lipinski definition) is 5. The Balaban J connectivity index is 0.00000216. The molecule has 8 nitrogen and oxygen atoms in total. The summed E-state index contributed by atoms with van der Waals surface area (Å²) < 4.78 is 30.1. The van der Waals surface area contributed by atoms with Crippen LogP contribution >= 0.6 is 0 Å². The standard InChI is InChI=1S/C23H22F2N6O2.3H2/c1-15-10-27-21(28-14-23(24,25)18-5-3-2-4-6-18)22(33)31(15)13-20(32)26-11-16-7-8-19-17(9-16)12-29-30-19;;;/h2-10,12H,11,13-14H2,1H3,(H,26,32)(H,27,28)(H,29,30);3*1H. The zero-order valence-corrected chi connectivity index (χ0v) is 17.8. The summed E-state index contributed by atoms with van der Waals surface area (Å²) >= 11 is 0. The Morgan fingerprint density at radius 1 is 1.18 bits per heavy atom. The van der Waals surface area contributed by atoms with E-state index in [0.29, 0.717) is 5.69 Å². The molecule has 2 aromatic carbocycles. The van der Waals surface area contributed by atoms with Crippen LogP contribution < -0.4 is 16.2 Å². The second-order valence-corrected chi connectivity index (χ2v) is 7.63. The Kier molecular flexibility index (Phi) is 6.16. The molecule has 0 fully saturated rings. The number of rotatable bonds is 8. The van der Waals surface area contributed by atoms with Crippen molar-refractivity contribution in [2.45, 2.75) is 25.9 Å². The third-order valence-electron chi connectivity index (χ3n) is 5.22. The van der Waals surface area contributed by atoms with E-state index < -0.39 is 18.0 Å². The molecule has 10 heteroatoms. The molecule has 0 atom stereocenters. The van der Waals surface area contributed by atoms with Crippen molar-refractivity contribution in [3.05, 3.63) is 88.1 Å². The summed E-state index contributed by atoms with van der Waals surface area (Å²) in [7, 11) is 0. The van der Waals surface area contributed by atoms with Crippen molar-refractivity contribution >= 4 is 22.6 Å². The lowest BCUT2D eigenvalue weighted by molar-refractivity contribution is -0.121. The minimum absolute atomic E-state index is 0. The van der Waals surface area contributed by atoms with Crippen molar-refractivity contribution < 1.29 is 17.9 Å². The molecule has 0 bridgehead atoms. The quantitative estimate of drug-likeness (QED) is 0.374. The number of carbonyl (C=O) groups excluding carboxylic acids is 1. The summed E-state index contributed by atoms with van der Waals surface area (Å²) in [6, 6.07) is 12.9. The van der Waals surface area contributed by atoms with Gasteiger partial charge in [0.1, 0.15) is 6.54 Å². The Hall–Kier alpha value is -4.08. The predicted octanol–water partition coefficient (Wildman–Crippen LogP) is 3.69. The molecular formula is C23H28F2N6O2. The minimum Gasteiger partial charge on any atom is -0.359 e. The summed E-state index contributed by atoms with van der Waals surface area (Å²) in [4.78, 5) is 29.2. The molecule has 0 aliphatic rings. The van der Waals surface area contributed by atoms with E-state index in [0.717, 1.165) is 16.5 Å². The van der Waals surface area contributed by atoms with Crippen LogP contribution in [0.3, 0.4) is 0 Å². The minimum atomic E-state index is -3.20. The maximum Gasteiger partial charge on any atom is 0.293 e. The molecule has 0 unspecified atom stereocenters. The third kappa shape index (κ3) is 5.05. The summed E-state index contributed by atoms with van der Waals surface area (Å²) in [5.41, 5.74) is 1.39. The van der Waals surface area contributed by atoms with Gasteiger partial charge in [0.15, 0.2) is 5.82 Å². The average Bonchev–Trinajstić information content (AvgIpc) is 3.28. The zero-order chi connectivity index (χ0) is 23.4. The number of H-pyrrole nitrogens is 1. The van der Waals surface area contributed by atoms with Gasteiger partial charge in [0.05, 0.1) is 18.3 Å². The van der Waals surface area contributed by atoms with Crippen molar-refractivity contribution in [3.8, 4) is 0 Å². The van der Waals surface area contributed by atoms with E-state index in [9.17, 15) is 18.4 Å². The lowest BCUT2D eigenvalue weighted by atomic mass is 10.1. The Bertz CT molecular complexity index is 1350. The molecule has 2 heterocycles. The highest BCUT2D eigenvalue weighted by atomic mass is 19.3. The van der Waals surface area contributed by atoms with Crippen LogP contribution in [0.25, 0.3) is 10.9 Å². The van der Waals surface area contributed by atoms with E-state index in [2.05, 4.69) is 25.8 Å². The fourth-order valence-corrected chi connectivity index (χ4v) is 3.37. The number of amides is 1. The molecule has 0 aliphatic carbocycles. The normalized spacial score (nSPS) is 11.5. The highest BCUT2D eigenvalue weighted by molar-refractivity contribution is 5.79. The molecule has 176 valence electrons. The van der Waals surface area contributed by atoms with Gasteiger partial charge in [-0.3, -0.25) is 19.3 Å². The molecule has 0 saturated heterocycles. The summed E-state index contributed by atoms with van der Waals surface area (Å²) in [5.74, 6) is -3.83. The number of alkyl halides is 2. The SMILES string of the molecule is Cc1cnc(NCC(F)(F)c2ccccc2)c(=O)n1CC(=O)NCc1ccc2[nH]ncc2c1.[HH].[HH].[HH]. The molecule has 3 N–H and O–H groups in total. The molecule has 1 amide bonds. The average molecular weight is 459 g/mol. The summed E-state index contributed by atoms with van der Waals surface area (Å²) in [6.07, 6.45) is 3.06. The second-order valence-electron chi connectivity index (χ2n) is 7.63. The molecule has 33 heavy (non-hydrogen) atoms.